The van der Waals surface area contributed by atoms with Crippen LogP contribution in [0.2, 0.25) is 0 Å². The first-order valence-corrected chi connectivity index (χ1v) is 12.2. The van der Waals surface area contributed by atoms with E-state index in [2.05, 4.69) is 43.1 Å². The number of benzene rings is 1. The van der Waals surface area contributed by atoms with Crippen LogP contribution in [0.5, 0.6) is 0 Å². The van der Waals surface area contributed by atoms with Gasteiger partial charge in [-0.2, -0.15) is 0 Å². The second kappa shape index (κ2) is 9.68. The van der Waals surface area contributed by atoms with Gasteiger partial charge >= 0.3 is 0 Å². The number of amides is 3. The fourth-order valence-electron chi connectivity index (χ4n) is 4.87. The SMILES string of the molecule is CN(Cc1nnc(-c2ccc(C(C)(C)C)cc2)o1)C(=O)CCCN1C(=O)[C@H]2CCCC[C@@H]2C1=O. The van der Waals surface area contributed by atoms with Crippen LogP contribution in [0.15, 0.2) is 28.7 Å². The molecule has 4 rings (SSSR count). The van der Waals surface area contributed by atoms with Gasteiger partial charge in [0.25, 0.3) is 0 Å². The molecule has 0 N–H and O–H groups in total. The molecule has 1 saturated heterocycles. The Kier molecular flexibility index (Phi) is 6.86. The van der Waals surface area contributed by atoms with Crippen molar-refractivity contribution in [3.8, 4) is 11.5 Å². The maximum atomic E-state index is 12.6. The quantitative estimate of drug-likeness (QED) is 0.573. The molecule has 8 heteroatoms. The molecule has 1 aliphatic heterocycles. The molecule has 1 aliphatic carbocycles. The molecule has 0 unspecified atom stereocenters. The topological polar surface area (TPSA) is 96.6 Å². The highest BCUT2D eigenvalue weighted by molar-refractivity contribution is 6.05. The van der Waals surface area contributed by atoms with Crippen LogP contribution in [-0.4, -0.2) is 51.3 Å². The first-order chi connectivity index (χ1) is 16.1. The lowest BCUT2D eigenvalue weighted by atomic mass is 9.81. The van der Waals surface area contributed by atoms with Gasteiger partial charge in [0.05, 0.1) is 18.4 Å². The molecule has 182 valence electrons. The Hall–Kier alpha value is -3.03. The second-order valence-corrected chi connectivity index (χ2v) is 10.5. The smallest absolute Gasteiger partial charge is 0.247 e. The van der Waals surface area contributed by atoms with Crippen molar-refractivity contribution in [2.24, 2.45) is 11.8 Å². The highest BCUT2D eigenvalue weighted by Crippen LogP contribution is 2.38. The molecule has 34 heavy (non-hydrogen) atoms. The lowest BCUT2D eigenvalue weighted by molar-refractivity contribution is -0.140. The third-order valence-corrected chi connectivity index (χ3v) is 6.97. The number of rotatable bonds is 7. The largest absolute Gasteiger partial charge is 0.419 e. The van der Waals surface area contributed by atoms with Crippen molar-refractivity contribution in [1.29, 1.82) is 0 Å². The van der Waals surface area contributed by atoms with Crippen molar-refractivity contribution in [3.05, 3.63) is 35.7 Å². The summed E-state index contributed by atoms with van der Waals surface area (Å²) in [6, 6.07) is 8.03. The summed E-state index contributed by atoms with van der Waals surface area (Å²) in [5.41, 5.74) is 2.12. The molecule has 0 spiro atoms. The van der Waals surface area contributed by atoms with E-state index in [1.54, 1.807) is 7.05 Å². The molecule has 2 fully saturated rings. The molecular formula is C26H34N4O4. The number of fused-ring (bicyclic) bond motifs is 1. The molecule has 1 aromatic heterocycles. The van der Waals surface area contributed by atoms with E-state index < -0.39 is 0 Å². The van der Waals surface area contributed by atoms with Gasteiger partial charge in [-0.15, -0.1) is 10.2 Å². The van der Waals surface area contributed by atoms with E-state index in [4.69, 9.17) is 4.42 Å². The third-order valence-electron chi connectivity index (χ3n) is 6.97. The van der Waals surface area contributed by atoms with Crippen molar-refractivity contribution in [1.82, 2.24) is 20.0 Å². The first-order valence-electron chi connectivity index (χ1n) is 12.2. The number of hydrogen-bond acceptors (Lipinski definition) is 6. The maximum absolute atomic E-state index is 12.6. The molecule has 1 saturated carbocycles. The number of hydrogen-bond donors (Lipinski definition) is 0. The van der Waals surface area contributed by atoms with E-state index >= 15 is 0 Å². The molecule has 2 aliphatic rings. The van der Waals surface area contributed by atoms with Crippen LogP contribution in [0.3, 0.4) is 0 Å². The van der Waals surface area contributed by atoms with Gasteiger partial charge in [0.15, 0.2) is 0 Å². The highest BCUT2D eigenvalue weighted by atomic mass is 16.4. The Morgan fingerprint density at radius 1 is 1.06 bits per heavy atom. The zero-order valence-electron chi connectivity index (χ0n) is 20.5. The molecule has 2 atom stereocenters. The average molecular weight is 467 g/mol. The Balaban J connectivity index is 1.27. The zero-order chi connectivity index (χ0) is 24.5. The lowest BCUT2D eigenvalue weighted by Gasteiger charge is -2.19. The summed E-state index contributed by atoms with van der Waals surface area (Å²) in [7, 11) is 1.69. The van der Waals surface area contributed by atoms with Crippen LogP contribution in [-0.2, 0) is 26.3 Å². The predicted octanol–water partition coefficient (Wildman–Crippen LogP) is 3.95. The van der Waals surface area contributed by atoms with Crippen molar-refractivity contribution >= 4 is 17.7 Å². The van der Waals surface area contributed by atoms with E-state index in [-0.39, 0.29) is 47.9 Å². The van der Waals surface area contributed by atoms with Gasteiger partial charge < -0.3 is 9.32 Å². The summed E-state index contributed by atoms with van der Waals surface area (Å²) in [5, 5.41) is 8.20. The summed E-state index contributed by atoms with van der Waals surface area (Å²) in [6.45, 7) is 6.99. The maximum Gasteiger partial charge on any atom is 0.247 e. The summed E-state index contributed by atoms with van der Waals surface area (Å²) >= 11 is 0. The molecule has 8 nitrogen and oxygen atoms in total. The predicted molar refractivity (Wildman–Crippen MR) is 126 cm³/mol. The monoisotopic (exact) mass is 466 g/mol. The summed E-state index contributed by atoms with van der Waals surface area (Å²) in [4.78, 5) is 40.6. The molecular weight excluding hydrogens is 432 g/mol. The number of carbonyl (C=O) groups is 3. The number of likely N-dealkylation sites (tertiary alicyclic amines) is 1. The van der Waals surface area contributed by atoms with Crippen LogP contribution >= 0.6 is 0 Å². The number of imide groups is 1. The minimum atomic E-state index is -0.143. The molecule has 0 radical (unpaired) electrons. The Labute approximate surface area is 200 Å². The van der Waals surface area contributed by atoms with E-state index in [0.29, 0.717) is 24.7 Å². The van der Waals surface area contributed by atoms with Crippen molar-refractivity contribution < 1.29 is 18.8 Å². The van der Waals surface area contributed by atoms with Gasteiger partial charge in [-0.3, -0.25) is 19.3 Å². The van der Waals surface area contributed by atoms with Gasteiger partial charge in [0.2, 0.25) is 29.5 Å². The summed E-state index contributed by atoms with van der Waals surface area (Å²) in [6.07, 6.45) is 4.34. The van der Waals surface area contributed by atoms with E-state index in [9.17, 15) is 14.4 Å². The first kappa shape index (κ1) is 24.1. The molecule has 3 amide bonds. The summed E-state index contributed by atoms with van der Waals surface area (Å²) < 4.78 is 5.77. The number of aromatic nitrogens is 2. The zero-order valence-corrected chi connectivity index (χ0v) is 20.5. The van der Waals surface area contributed by atoms with Gasteiger partial charge in [0, 0.05) is 25.6 Å². The standard InChI is InChI=1S/C26H34N4O4/c1-26(2,3)18-13-11-17(12-14-18)23-28-27-21(34-23)16-29(4)22(31)10-7-15-30-24(32)19-8-5-6-9-20(19)25(30)33/h11-14,19-20H,5-10,15-16H2,1-4H3/t19-,20-/m0/s1. The minimum absolute atomic E-state index is 0.0515. The van der Waals surface area contributed by atoms with Crippen LogP contribution in [0, 0.1) is 11.8 Å². The van der Waals surface area contributed by atoms with Crippen molar-refractivity contribution in [3.63, 3.8) is 0 Å². The van der Waals surface area contributed by atoms with Gasteiger partial charge in [-0.05, 0) is 42.4 Å². The second-order valence-electron chi connectivity index (χ2n) is 10.5. The fraction of sp³-hybridized carbons (Fsp3) is 0.577. The van der Waals surface area contributed by atoms with E-state index in [1.807, 2.05) is 12.1 Å². The van der Waals surface area contributed by atoms with E-state index in [0.717, 1.165) is 31.2 Å². The normalized spacial score (nSPS) is 20.5. The molecule has 1 aromatic carbocycles. The summed E-state index contributed by atoms with van der Waals surface area (Å²) in [5.74, 6) is 0.301. The van der Waals surface area contributed by atoms with Gasteiger partial charge in [-0.25, -0.2) is 0 Å². The Bertz CT molecular complexity index is 1030. The fourth-order valence-corrected chi connectivity index (χ4v) is 4.87. The Morgan fingerprint density at radius 2 is 1.68 bits per heavy atom. The number of carbonyl (C=O) groups excluding carboxylic acids is 3. The molecule has 0 bridgehead atoms. The lowest BCUT2D eigenvalue weighted by Crippen LogP contribution is -2.33. The van der Waals surface area contributed by atoms with Crippen molar-refractivity contribution in [2.45, 2.75) is 71.3 Å². The molecule has 2 heterocycles. The van der Waals surface area contributed by atoms with Crippen molar-refractivity contribution in [2.75, 3.05) is 13.6 Å². The average Bonchev–Trinajstić information content (AvgIpc) is 3.37. The minimum Gasteiger partial charge on any atom is -0.419 e. The number of nitrogens with zero attached hydrogens (tertiary/aromatic N) is 4. The van der Waals surface area contributed by atoms with Crippen LogP contribution in [0.25, 0.3) is 11.5 Å². The van der Waals surface area contributed by atoms with Gasteiger partial charge in [-0.1, -0.05) is 45.7 Å². The van der Waals surface area contributed by atoms with Crippen LogP contribution < -0.4 is 0 Å². The van der Waals surface area contributed by atoms with Gasteiger partial charge in [0.1, 0.15) is 0 Å². The third kappa shape index (κ3) is 5.05. The van der Waals surface area contributed by atoms with Crippen LogP contribution in [0.1, 0.15) is 70.8 Å². The highest BCUT2D eigenvalue weighted by Gasteiger charge is 2.47. The Morgan fingerprint density at radius 3 is 2.26 bits per heavy atom. The van der Waals surface area contributed by atoms with E-state index in [1.165, 1.54) is 15.4 Å². The molecule has 2 aromatic rings. The van der Waals surface area contributed by atoms with Crippen LogP contribution in [0.4, 0.5) is 0 Å².